The molecule has 0 spiro atoms. The zero-order valence-corrected chi connectivity index (χ0v) is 12.7. The molecule has 0 saturated heterocycles. The van der Waals surface area contributed by atoms with E-state index in [0.717, 1.165) is 12.8 Å². The second-order valence-electron chi connectivity index (χ2n) is 6.17. The third-order valence-corrected chi connectivity index (χ3v) is 3.27. The zero-order valence-electron chi connectivity index (χ0n) is 12.7. The average Bonchev–Trinajstić information content (AvgIpc) is 2.35. The second-order valence-corrected chi connectivity index (χ2v) is 6.17. The molecule has 3 heteroatoms. The molecule has 1 atom stereocenters. The summed E-state index contributed by atoms with van der Waals surface area (Å²) >= 11 is 0. The first-order chi connectivity index (χ1) is 8.89. The van der Waals surface area contributed by atoms with Crippen LogP contribution >= 0.6 is 0 Å². The molecule has 1 aromatic rings. The first kappa shape index (κ1) is 16.2. The van der Waals surface area contributed by atoms with Crippen LogP contribution in [0.1, 0.15) is 25.8 Å². The molecule has 1 rings (SSSR count). The summed E-state index contributed by atoms with van der Waals surface area (Å²) in [7, 11) is 3.95. The fourth-order valence-electron chi connectivity index (χ4n) is 2.07. The number of nitrogens with one attached hydrogen (secondary N) is 1. The van der Waals surface area contributed by atoms with E-state index in [4.69, 9.17) is 0 Å². The Kier molecular flexibility index (Phi) is 6.49. The Labute approximate surface area is 117 Å². The fraction of sp³-hybridized carbons (Fsp3) is 0.625. The minimum absolute atomic E-state index is 0.0448. The van der Waals surface area contributed by atoms with Gasteiger partial charge in [0, 0.05) is 18.6 Å². The van der Waals surface area contributed by atoms with E-state index in [0.29, 0.717) is 13.1 Å². The van der Waals surface area contributed by atoms with E-state index in [1.165, 1.54) is 5.56 Å². The van der Waals surface area contributed by atoms with Crippen LogP contribution in [0.3, 0.4) is 0 Å². The lowest BCUT2D eigenvalue weighted by atomic mass is 9.95. The van der Waals surface area contributed by atoms with E-state index in [-0.39, 0.29) is 11.6 Å². The maximum Gasteiger partial charge on any atom is 0.0791 e. The normalized spacial score (nSPS) is 13.8. The van der Waals surface area contributed by atoms with Gasteiger partial charge in [0.1, 0.15) is 0 Å². The van der Waals surface area contributed by atoms with Crippen molar-refractivity contribution in [3.05, 3.63) is 35.9 Å². The molecule has 0 aliphatic carbocycles. The topological polar surface area (TPSA) is 35.5 Å². The van der Waals surface area contributed by atoms with E-state index < -0.39 is 0 Å². The van der Waals surface area contributed by atoms with Gasteiger partial charge in [-0.05, 0) is 46.3 Å². The predicted molar refractivity (Wildman–Crippen MR) is 81.4 cm³/mol. The van der Waals surface area contributed by atoms with E-state index in [1.807, 2.05) is 25.1 Å². The highest BCUT2D eigenvalue weighted by Crippen LogP contribution is 2.13. The molecule has 0 radical (unpaired) electrons. The second kappa shape index (κ2) is 7.63. The summed E-state index contributed by atoms with van der Waals surface area (Å²) in [4.78, 5) is 2.00. The van der Waals surface area contributed by atoms with Crippen molar-refractivity contribution in [1.29, 1.82) is 0 Å². The quantitative estimate of drug-likeness (QED) is 0.753. The van der Waals surface area contributed by atoms with Crippen LogP contribution in [0.25, 0.3) is 0 Å². The van der Waals surface area contributed by atoms with Gasteiger partial charge in [-0.2, -0.15) is 0 Å². The zero-order chi connectivity index (χ0) is 14.3. The largest absolute Gasteiger partial charge is 0.390 e. The molecule has 3 nitrogen and oxygen atoms in total. The Hall–Kier alpha value is -0.900. The summed E-state index contributed by atoms with van der Waals surface area (Å²) < 4.78 is 0. The highest BCUT2D eigenvalue weighted by Gasteiger charge is 2.18. The Balaban J connectivity index is 2.31. The maximum absolute atomic E-state index is 9.86. The number of hydrogen-bond acceptors (Lipinski definition) is 3. The Morgan fingerprint density at radius 3 is 2.42 bits per heavy atom. The van der Waals surface area contributed by atoms with Crippen molar-refractivity contribution in [2.45, 2.75) is 38.3 Å². The Bertz CT molecular complexity index is 349. The summed E-state index contributed by atoms with van der Waals surface area (Å²) in [6.07, 6.45) is 1.81. The molecule has 19 heavy (non-hydrogen) atoms. The molecule has 1 unspecified atom stereocenters. The molecule has 0 aliphatic heterocycles. The van der Waals surface area contributed by atoms with Crippen molar-refractivity contribution >= 4 is 0 Å². The Morgan fingerprint density at radius 2 is 1.84 bits per heavy atom. The summed E-state index contributed by atoms with van der Waals surface area (Å²) in [5, 5.41) is 13.3. The van der Waals surface area contributed by atoms with Crippen molar-refractivity contribution in [2.75, 3.05) is 27.2 Å². The van der Waals surface area contributed by atoms with Crippen LogP contribution in [-0.4, -0.2) is 48.8 Å². The summed E-state index contributed by atoms with van der Waals surface area (Å²) in [6, 6.07) is 10.5. The minimum Gasteiger partial charge on any atom is -0.390 e. The molecule has 2 N–H and O–H groups in total. The number of rotatable bonds is 8. The van der Waals surface area contributed by atoms with Gasteiger partial charge in [-0.15, -0.1) is 0 Å². The van der Waals surface area contributed by atoms with Crippen molar-refractivity contribution in [3.8, 4) is 0 Å². The summed E-state index contributed by atoms with van der Waals surface area (Å²) in [6.45, 7) is 5.72. The number of aliphatic hydroxyl groups is 1. The predicted octanol–water partition coefficient (Wildman–Crippen LogP) is 1.91. The molecule has 0 amide bonds. The van der Waals surface area contributed by atoms with Crippen LogP contribution in [0.2, 0.25) is 0 Å². The molecular weight excluding hydrogens is 236 g/mol. The third-order valence-electron chi connectivity index (χ3n) is 3.27. The number of aliphatic hydroxyl groups excluding tert-OH is 1. The van der Waals surface area contributed by atoms with Crippen LogP contribution in [0.4, 0.5) is 0 Å². The average molecular weight is 264 g/mol. The van der Waals surface area contributed by atoms with Gasteiger partial charge in [0.15, 0.2) is 0 Å². The van der Waals surface area contributed by atoms with Crippen molar-refractivity contribution in [2.24, 2.45) is 0 Å². The minimum atomic E-state index is -0.314. The van der Waals surface area contributed by atoms with E-state index in [9.17, 15) is 5.11 Å². The van der Waals surface area contributed by atoms with Crippen LogP contribution in [0.15, 0.2) is 30.3 Å². The lowest BCUT2D eigenvalue weighted by Gasteiger charge is -2.28. The van der Waals surface area contributed by atoms with E-state index >= 15 is 0 Å². The summed E-state index contributed by atoms with van der Waals surface area (Å²) in [5.74, 6) is 0. The number of hydrogen-bond donors (Lipinski definition) is 2. The van der Waals surface area contributed by atoms with Crippen LogP contribution in [0.5, 0.6) is 0 Å². The first-order valence-corrected chi connectivity index (χ1v) is 7.01. The molecule has 0 fully saturated rings. The van der Waals surface area contributed by atoms with Gasteiger partial charge in [-0.3, -0.25) is 0 Å². The van der Waals surface area contributed by atoms with Crippen LogP contribution < -0.4 is 5.32 Å². The van der Waals surface area contributed by atoms with Crippen molar-refractivity contribution < 1.29 is 5.11 Å². The standard InChI is InChI=1S/C16H28N2O/c1-16(2,17-12-15(19)13-18(3)4)11-10-14-8-6-5-7-9-14/h5-9,15,17,19H,10-13H2,1-4H3. The smallest absolute Gasteiger partial charge is 0.0791 e. The first-order valence-electron chi connectivity index (χ1n) is 7.01. The molecule has 0 aliphatic rings. The van der Waals surface area contributed by atoms with Gasteiger partial charge in [-0.25, -0.2) is 0 Å². The molecule has 1 aromatic carbocycles. The molecular formula is C16H28N2O. The number of β-amino-alcohol motifs (C(OH)–C–C–N with tert-alkyl or cyclic N) is 1. The van der Waals surface area contributed by atoms with Gasteiger partial charge < -0.3 is 15.3 Å². The maximum atomic E-state index is 9.86. The third kappa shape index (κ3) is 7.31. The molecule has 0 saturated carbocycles. The van der Waals surface area contributed by atoms with Gasteiger partial charge >= 0.3 is 0 Å². The van der Waals surface area contributed by atoms with Gasteiger partial charge in [0.2, 0.25) is 0 Å². The molecule has 0 aromatic heterocycles. The van der Waals surface area contributed by atoms with Crippen LogP contribution in [0, 0.1) is 0 Å². The number of aryl methyl sites for hydroxylation is 1. The van der Waals surface area contributed by atoms with Gasteiger partial charge in [0.05, 0.1) is 6.10 Å². The molecule has 0 bridgehead atoms. The molecule has 0 heterocycles. The number of nitrogens with zero attached hydrogens (tertiary/aromatic N) is 1. The van der Waals surface area contributed by atoms with Crippen LogP contribution in [-0.2, 0) is 6.42 Å². The lowest BCUT2D eigenvalue weighted by Crippen LogP contribution is -2.45. The van der Waals surface area contributed by atoms with Gasteiger partial charge in [-0.1, -0.05) is 30.3 Å². The van der Waals surface area contributed by atoms with Crippen molar-refractivity contribution in [3.63, 3.8) is 0 Å². The number of benzene rings is 1. The van der Waals surface area contributed by atoms with Gasteiger partial charge in [0.25, 0.3) is 0 Å². The highest BCUT2D eigenvalue weighted by molar-refractivity contribution is 5.15. The van der Waals surface area contributed by atoms with Crippen molar-refractivity contribution in [1.82, 2.24) is 10.2 Å². The lowest BCUT2D eigenvalue weighted by molar-refractivity contribution is 0.124. The fourth-order valence-corrected chi connectivity index (χ4v) is 2.07. The Morgan fingerprint density at radius 1 is 1.21 bits per heavy atom. The highest BCUT2D eigenvalue weighted by atomic mass is 16.3. The monoisotopic (exact) mass is 264 g/mol. The molecule has 108 valence electrons. The van der Waals surface area contributed by atoms with E-state index in [2.05, 4.69) is 43.4 Å². The summed E-state index contributed by atoms with van der Waals surface area (Å²) in [5.41, 5.74) is 1.41. The number of likely N-dealkylation sites (N-methyl/N-ethyl adjacent to an activating group) is 1. The SMILES string of the molecule is CN(C)CC(O)CNC(C)(C)CCc1ccccc1. The van der Waals surface area contributed by atoms with E-state index in [1.54, 1.807) is 0 Å².